The molecule has 0 aromatic heterocycles. The van der Waals surface area contributed by atoms with Crippen molar-refractivity contribution in [3.8, 4) is 0 Å². The van der Waals surface area contributed by atoms with Gasteiger partial charge in [-0.1, -0.05) is 91.0 Å². The number of amides is 2. The zero-order valence-electron chi connectivity index (χ0n) is 15.9. The maximum Gasteiger partial charge on any atom is 0.318 e. The fraction of sp³-hybridized carbons (Fsp3) is 0.208. The molecule has 0 aliphatic carbocycles. The molecule has 0 saturated carbocycles. The van der Waals surface area contributed by atoms with Gasteiger partial charge in [0.2, 0.25) is 0 Å². The summed E-state index contributed by atoms with van der Waals surface area (Å²) < 4.78 is 0. The van der Waals surface area contributed by atoms with Crippen molar-refractivity contribution in [3.05, 3.63) is 108 Å². The van der Waals surface area contributed by atoms with Crippen LogP contribution in [0.3, 0.4) is 0 Å². The summed E-state index contributed by atoms with van der Waals surface area (Å²) in [4.78, 5) is 15.0. The molecule has 138 valence electrons. The van der Waals surface area contributed by atoms with E-state index in [9.17, 15) is 4.79 Å². The molecule has 3 aromatic rings. The van der Waals surface area contributed by atoms with E-state index in [1.54, 1.807) is 0 Å². The monoisotopic (exact) mass is 358 g/mol. The van der Waals surface area contributed by atoms with Gasteiger partial charge in [0.1, 0.15) is 0 Å². The Kier molecular flexibility index (Phi) is 6.26. The number of carbonyl (C=O) groups is 1. The van der Waals surface area contributed by atoms with E-state index in [1.807, 2.05) is 73.3 Å². The van der Waals surface area contributed by atoms with Gasteiger partial charge in [-0.05, 0) is 30.5 Å². The van der Waals surface area contributed by atoms with Gasteiger partial charge < -0.3 is 10.2 Å². The molecule has 0 saturated heterocycles. The topological polar surface area (TPSA) is 32.3 Å². The second-order valence-electron chi connectivity index (χ2n) is 6.91. The Bertz CT molecular complexity index is 793. The molecule has 0 heterocycles. The van der Waals surface area contributed by atoms with Crippen molar-refractivity contribution in [3.63, 3.8) is 0 Å². The standard InChI is InChI=1S/C24H26N2O/c1-19(2)26(18-20-12-6-3-7-13-20)24(27)25-23(21-14-8-4-9-15-21)22-16-10-5-11-17-22/h3-17,19,23H,18H2,1-2H3,(H,25,27). The fourth-order valence-electron chi connectivity index (χ4n) is 3.13. The number of carbonyl (C=O) groups excluding carboxylic acids is 1. The van der Waals surface area contributed by atoms with E-state index in [0.29, 0.717) is 6.54 Å². The fourth-order valence-corrected chi connectivity index (χ4v) is 3.13. The van der Waals surface area contributed by atoms with Crippen molar-refractivity contribution >= 4 is 6.03 Å². The minimum absolute atomic E-state index is 0.0634. The molecular formula is C24H26N2O. The van der Waals surface area contributed by atoms with E-state index in [2.05, 4.69) is 41.7 Å². The highest BCUT2D eigenvalue weighted by Gasteiger charge is 2.22. The van der Waals surface area contributed by atoms with Crippen LogP contribution < -0.4 is 5.32 Å². The van der Waals surface area contributed by atoms with Crippen LogP contribution in [0.5, 0.6) is 0 Å². The minimum atomic E-state index is -0.183. The summed E-state index contributed by atoms with van der Waals surface area (Å²) in [5.41, 5.74) is 3.26. The molecule has 1 N–H and O–H groups in total. The van der Waals surface area contributed by atoms with Crippen molar-refractivity contribution in [2.45, 2.75) is 32.5 Å². The zero-order chi connectivity index (χ0) is 19.1. The van der Waals surface area contributed by atoms with Gasteiger partial charge in [-0.25, -0.2) is 4.79 Å². The molecule has 0 aliphatic rings. The van der Waals surface area contributed by atoms with Crippen LogP contribution in [0.15, 0.2) is 91.0 Å². The summed E-state index contributed by atoms with van der Waals surface area (Å²) in [6.07, 6.45) is 0. The van der Waals surface area contributed by atoms with E-state index < -0.39 is 0 Å². The third kappa shape index (κ3) is 4.98. The number of hydrogen-bond acceptors (Lipinski definition) is 1. The summed E-state index contributed by atoms with van der Waals surface area (Å²) in [7, 11) is 0. The first kappa shape index (κ1) is 18.7. The highest BCUT2D eigenvalue weighted by Crippen LogP contribution is 2.22. The largest absolute Gasteiger partial charge is 0.327 e. The van der Waals surface area contributed by atoms with Gasteiger partial charge in [0.15, 0.2) is 0 Å². The number of benzene rings is 3. The Morgan fingerprint density at radius 2 is 1.22 bits per heavy atom. The quantitative estimate of drug-likeness (QED) is 0.629. The summed E-state index contributed by atoms with van der Waals surface area (Å²) in [6.45, 7) is 4.67. The van der Waals surface area contributed by atoms with Crippen LogP contribution in [0.25, 0.3) is 0 Å². The van der Waals surface area contributed by atoms with Gasteiger partial charge in [-0.2, -0.15) is 0 Å². The average Bonchev–Trinajstić information content (AvgIpc) is 2.72. The van der Waals surface area contributed by atoms with Crippen LogP contribution >= 0.6 is 0 Å². The molecular weight excluding hydrogens is 332 g/mol. The third-order valence-corrected chi connectivity index (χ3v) is 4.61. The number of nitrogens with zero attached hydrogens (tertiary/aromatic N) is 1. The maximum absolute atomic E-state index is 13.2. The van der Waals surface area contributed by atoms with Crippen LogP contribution in [0.1, 0.15) is 36.6 Å². The minimum Gasteiger partial charge on any atom is -0.327 e. The number of nitrogens with one attached hydrogen (secondary N) is 1. The van der Waals surface area contributed by atoms with E-state index >= 15 is 0 Å². The Balaban J connectivity index is 1.84. The molecule has 27 heavy (non-hydrogen) atoms. The molecule has 0 spiro atoms. The first-order valence-electron chi connectivity index (χ1n) is 9.36. The predicted octanol–water partition coefficient (Wildman–Crippen LogP) is 5.40. The molecule has 0 aliphatic heterocycles. The lowest BCUT2D eigenvalue weighted by atomic mass is 9.99. The Morgan fingerprint density at radius 3 is 1.67 bits per heavy atom. The first-order valence-corrected chi connectivity index (χ1v) is 9.36. The molecule has 3 heteroatoms. The second-order valence-corrected chi connectivity index (χ2v) is 6.91. The maximum atomic E-state index is 13.2. The van der Waals surface area contributed by atoms with Gasteiger partial charge in [0.25, 0.3) is 0 Å². The smallest absolute Gasteiger partial charge is 0.318 e. The molecule has 0 radical (unpaired) electrons. The van der Waals surface area contributed by atoms with Crippen molar-refractivity contribution in [2.24, 2.45) is 0 Å². The lowest BCUT2D eigenvalue weighted by molar-refractivity contribution is 0.177. The Labute approximate surface area is 161 Å². The van der Waals surface area contributed by atoms with Gasteiger partial charge in [-0.15, -0.1) is 0 Å². The lowest BCUT2D eigenvalue weighted by Crippen LogP contribution is -2.45. The summed E-state index contributed by atoms with van der Waals surface area (Å²) in [6, 6.07) is 30.1. The van der Waals surface area contributed by atoms with Crippen molar-refractivity contribution in [2.75, 3.05) is 0 Å². The zero-order valence-corrected chi connectivity index (χ0v) is 15.9. The second kappa shape index (κ2) is 9.04. The SMILES string of the molecule is CC(C)N(Cc1ccccc1)C(=O)NC(c1ccccc1)c1ccccc1. The van der Waals surface area contributed by atoms with Gasteiger partial charge >= 0.3 is 6.03 Å². The Morgan fingerprint density at radius 1 is 0.778 bits per heavy atom. The third-order valence-electron chi connectivity index (χ3n) is 4.61. The lowest BCUT2D eigenvalue weighted by Gasteiger charge is -2.30. The van der Waals surface area contributed by atoms with E-state index in [0.717, 1.165) is 16.7 Å². The van der Waals surface area contributed by atoms with Crippen molar-refractivity contribution in [1.29, 1.82) is 0 Å². The van der Waals surface area contributed by atoms with Crippen LogP contribution in [0, 0.1) is 0 Å². The van der Waals surface area contributed by atoms with Gasteiger partial charge in [-0.3, -0.25) is 0 Å². The molecule has 3 aromatic carbocycles. The van der Waals surface area contributed by atoms with Crippen molar-refractivity contribution < 1.29 is 4.79 Å². The molecule has 0 unspecified atom stereocenters. The van der Waals surface area contributed by atoms with E-state index in [1.165, 1.54) is 0 Å². The van der Waals surface area contributed by atoms with Gasteiger partial charge in [0.05, 0.1) is 6.04 Å². The van der Waals surface area contributed by atoms with E-state index in [-0.39, 0.29) is 18.1 Å². The molecule has 2 amide bonds. The number of rotatable bonds is 6. The average molecular weight is 358 g/mol. The molecule has 3 nitrogen and oxygen atoms in total. The summed E-state index contributed by atoms with van der Waals surface area (Å²) in [5.74, 6) is 0. The molecule has 0 atom stereocenters. The summed E-state index contributed by atoms with van der Waals surface area (Å²) >= 11 is 0. The van der Waals surface area contributed by atoms with Crippen molar-refractivity contribution in [1.82, 2.24) is 10.2 Å². The molecule has 3 rings (SSSR count). The highest BCUT2D eigenvalue weighted by atomic mass is 16.2. The van der Waals surface area contributed by atoms with Crippen LogP contribution in [0.4, 0.5) is 4.79 Å². The normalized spacial score (nSPS) is 10.8. The van der Waals surface area contributed by atoms with Crippen LogP contribution in [-0.2, 0) is 6.54 Å². The first-order chi connectivity index (χ1) is 13.1. The molecule has 0 fully saturated rings. The number of urea groups is 1. The van der Waals surface area contributed by atoms with Gasteiger partial charge in [0, 0.05) is 12.6 Å². The summed E-state index contributed by atoms with van der Waals surface area (Å²) in [5, 5.41) is 3.24. The van der Waals surface area contributed by atoms with Crippen LogP contribution in [0.2, 0.25) is 0 Å². The van der Waals surface area contributed by atoms with Crippen LogP contribution in [-0.4, -0.2) is 17.0 Å². The number of hydrogen-bond donors (Lipinski definition) is 1. The predicted molar refractivity (Wildman–Crippen MR) is 110 cm³/mol. The van der Waals surface area contributed by atoms with E-state index in [4.69, 9.17) is 0 Å². The highest BCUT2D eigenvalue weighted by molar-refractivity contribution is 5.75. The Hall–Kier alpha value is -3.07. The molecule has 0 bridgehead atoms.